The van der Waals surface area contributed by atoms with E-state index in [9.17, 15) is 0 Å². The summed E-state index contributed by atoms with van der Waals surface area (Å²) in [6, 6.07) is 4.26. The van der Waals surface area contributed by atoms with Crippen LogP contribution in [-0.4, -0.2) is 34.0 Å². The molecule has 0 radical (unpaired) electrons. The Kier molecular flexibility index (Phi) is 5.09. The molecule has 0 aliphatic rings. The van der Waals surface area contributed by atoms with Gasteiger partial charge in [0.15, 0.2) is 5.84 Å². The maximum Gasteiger partial charge on any atom is 0.189 e. The van der Waals surface area contributed by atoms with Gasteiger partial charge in [0.2, 0.25) is 0 Å². The summed E-state index contributed by atoms with van der Waals surface area (Å²) in [7, 11) is 2.06. The predicted molar refractivity (Wildman–Crippen MR) is 72.5 cm³/mol. The summed E-state index contributed by atoms with van der Waals surface area (Å²) in [6.45, 7) is 7.28. The fourth-order valence-electron chi connectivity index (χ4n) is 1.77. The van der Waals surface area contributed by atoms with E-state index >= 15 is 0 Å². The summed E-state index contributed by atoms with van der Waals surface area (Å²) in [5.74, 6) is 0.621. The summed E-state index contributed by atoms with van der Waals surface area (Å²) >= 11 is 0. The van der Waals surface area contributed by atoms with Gasteiger partial charge in [-0.2, -0.15) is 0 Å². The number of hydrogen-bond acceptors (Lipinski definition) is 4. The number of pyridine rings is 1. The third-order valence-corrected chi connectivity index (χ3v) is 3.32. The second-order valence-corrected chi connectivity index (χ2v) is 4.90. The number of nitrogens with zero attached hydrogens (tertiary/aromatic N) is 3. The van der Waals surface area contributed by atoms with Gasteiger partial charge in [0.25, 0.3) is 0 Å². The molecule has 0 saturated carbocycles. The van der Waals surface area contributed by atoms with E-state index in [2.05, 4.69) is 42.9 Å². The van der Waals surface area contributed by atoms with Gasteiger partial charge >= 0.3 is 0 Å². The van der Waals surface area contributed by atoms with Crippen LogP contribution in [0.15, 0.2) is 23.5 Å². The molecule has 3 N–H and O–H groups in total. The van der Waals surface area contributed by atoms with Crippen molar-refractivity contribution >= 4 is 5.84 Å². The summed E-state index contributed by atoms with van der Waals surface area (Å²) in [6.07, 6.45) is 1.64. The monoisotopic (exact) mass is 250 g/mol. The molecule has 100 valence electrons. The fourth-order valence-corrected chi connectivity index (χ4v) is 1.77. The fraction of sp³-hybridized carbons (Fsp3) is 0.538. The number of oxime groups is 1. The summed E-state index contributed by atoms with van der Waals surface area (Å²) in [4.78, 5) is 6.40. The van der Waals surface area contributed by atoms with E-state index in [1.807, 2.05) is 12.1 Å². The lowest BCUT2D eigenvalue weighted by Crippen LogP contribution is -2.33. The summed E-state index contributed by atoms with van der Waals surface area (Å²) in [5, 5.41) is 11.8. The molecule has 0 aromatic carbocycles. The number of amidine groups is 1. The molecule has 1 rings (SSSR count). The highest BCUT2D eigenvalue weighted by Gasteiger charge is 2.16. The topological polar surface area (TPSA) is 74.7 Å². The lowest BCUT2D eigenvalue weighted by Gasteiger charge is -2.28. The van der Waals surface area contributed by atoms with Gasteiger partial charge in [-0.05, 0) is 31.5 Å². The van der Waals surface area contributed by atoms with Gasteiger partial charge < -0.3 is 10.9 Å². The molecule has 0 amide bonds. The molecule has 0 saturated heterocycles. The van der Waals surface area contributed by atoms with Crippen LogP contribution < -0.4 is 5.73 Å². The molecule has 18 heavy (non-hydrogen) atoms. The van der Waals surface area contributed by atoms with Crippen LogP contribution in [-0.2, 0) is 6.54 Å². The molecule has 0 aliphatic carbocycles. The average molecular weight is 250 g/mol. The molecule has 0 spiro atoms. The molecule has 0 bridgehead atoms. The van der Waals surface area contributed by atoms with E-state index in [-0.39, 0.29) is 5.84 Å². The van der Waals surface area contributed by atoms with Crippen LogP contribution in [0.25, 0.3) is 0 Å². The van der Waals surface area contributed by atoms with Crippen molar-refractivity contribution in [2.75, 3.05) is 7.05 Å². The van der Waals surface area contributed by atoms with Gasteiger partial charge in [-0.1, -0.05) is 25.1 Å². The smallest absolute Gasteiger partial charge is 0.189 e. The molecule has 0 aliphatic heterocycles. The Morgan fingerprint density at radius 1 is 1.50 bits per heavy atom. The lowest BCUT2D eigenvalue weighted by molar-refractivity contribution is 0.200. The third-order valence-electron chi connectivity index (χ3n) is 3.32. The number of hydrogen-bond donors (Lipinski definition) is 2. The Labute approximate surface area is 108 Å². The van der Waals surface area contributed by atoms with Crippen LogP contribution in [0.5, 0.6) is 0 Å². The van der Waals surface area contributed by atoms with Crippen molar-refractivity contribution in [3.05, 3.63) is 29.6 Å². The quantitative estimate of drug-likeness (QED) is 0.361. The zero-order valence-corrected chi connectivity index (χ0v) is 11.5. The van der Waals surface area contributed by atoms with E-state index < -0.39 is 0 Å². The first kappa shape index (κ1) is 14.4. The first-order valence-electron chi connectivity index (χ1n) is 6.09. The first-order chi connectivity index (χ1) is 8.47. The van der Waals surface area contributed by atoms with E-state index in [1.165, 1.54) is 0 Å². The Morgan fingerprint density at radius 2 is 2.17 bits per heavy atom. The predicted octanol–water partition coefficient (Wildman–Crippen LogP) is 1.65. The highest BCUT2D eigenvalue weighted by Crippen LogP contribution is 2.14. The number of aromatic nitrogens is 1. The zero-order valence-electron chi connectivity index (χ0n) is 11.5. The second kappa shape index (κ2) is 6.35. The molecule has 1 aromatic rings. The minimum atomic E-state index is 0.0520. The molecule has 5 nitrogen and oxygen atoms in total. The minimum absolute atomic E-state index is 0.0520. The van der Waals surface area contributed by atoms with Gasteiger partial charge in [-0.25, -0.2) is 0 Å². The average Bonchev–Trinajstić information content (AvgIpc) is 2.37. The molecule has 1 heterocycles. The van der Waals surface area contributed by atoms with Crippen LogP contribution in [0.4, 0.5) is 0 Å². The Hall–Kier alpha value is -1.62. The van der Waals surface area contributed by atoms with Gasteiger partial charge in [-0.15, -0.1) is 0 Å². The Balaban J connectivity index is 2.91. The summed E-state index contributed by atoms with van der Waals surface area (Å²) < 4.78 is 0. The number of nitrogens with two attached hydrogens (primary N) is 1. The normalized spacial score (nSPS) is 14.2. The first-order valence-corrected chi connectivity index (χ1v) is 6.09. The van der Waals surface area contributed by atoms with E-state index in [0.29, 0.717) is 17.7 Å². The van der Waals surface area contributed by atoms with Crippen molar-refractivity contribution in [2.45, 2.75) is 33.4 Å². The van der Waals surface area contributed by atoms with Crippen molar-refractivity contribution in [3.63, 3.8) is 0 Å². The molecule has 1 aromatic heterocycles. The number of rotatable bonds is 5. The van der Waals surface area contributed by atoms with E-state index in [0.717, 1.165) is 12.1 Å². The maximum absolute atomic E-state index is 8.75. The van der Waals surface area contributed by atoms with Crippen LogP contribution in [0.3, 0.4) is 0 Å². The highest BCUT2D eigenvalue weighted by atomic mass is 16.4. The summed E-state index contributed by atoms with van der Waals surface area (Å²) in [5.41, 5.74) is 7.13. The van der Waals surface area contributed by atoms with Crippen molar-refractivity contribution in [2.24, 2.45) is 16.8 Å². The minimum Gasteiger partial charge on any atom is -0.409 e. The van der Waals surface area contributed by atoms with Crippen LogP contribution >= 0.6 is 0 Å². The van der Waals surface area contributed by atoms with Crippen molar-refractivity contribution in [1.29, 1.82) is 0 Å². The standard InChI is InChI=1S/C13H22N4O/c1-9(2)10(3)17(4)8-11-6-5-7-15-12(11)13(14)16-18/h5-7,9-10,18H,8H2,1-4H3,(H2,14,16). The SMILES string of the molecule is CC(C)C(C)N(C)Cc1cccnc1C(N)=NO. The van der Waals surface area contributed by atoms with Gasteiger partial charge in [0.1, 0.15) is 5.69 Å². The molecule has 1 unspecified atom stereocenters. The van der Waals surface area contributed by atoms with Crippen LogP contribution in [0.2, 0.25) is 0 Å². The third kappa shape index (κ3) is 3.43. The maximum atomic E-state index is 8.75. The van der Waals surface area contributed by atoms with Crippen LogP contribution in [0, 0.1) is 5.92 Å². The molecular weight excluding hydrogens is 228 g/mol. The van der Waals surface area contributed by atoms with Crippen molar-refractivity contribution in [3.8, 4) is 0 Å². The lowest BCUT2D eigenvalue weighted by atomic mass is 10.0. The van der Waals surface area contributed by atoms with Gasteiger partial charge in [0.05, 0.1) is 0 Å². The van der Waals surface area contributed by atoms with Gasteiger partial charge in [-0.3, -0.25) is 9.88 Å². The Bertz CT molecular complexity index is 417. The van der Waals surface area contributed by atoms with Crippen LogP contribution in [0.1, 0.15) is 32.0 Å². The van der Waals surface area contributed by atoms with Gasteiger partial charge in [0, 0.05) is 18.8 Å². The highest BCUT2D eigenvalue weighted by molar-refractivity contribution is 5.96. The Morgan fingerprint density at radius 3 is 2.72 bits per heavy atom. The second-order valence-electron chi connectivity index (χ2n) is 4.90. The van der Waals surface area contributed by atoms with Crippen molar-refractivity contribution in [1.82, 2.24) is 9.88 Å². The van der Waals surface area contributed by atoms with Crippen molar-refractivity contribution < 1.29 is 5.21 Å². The molecule has 5 heteroatoms. The largest absolute Gasteiger partial charge is 0.409 e. The van der Waals surface area contributed by atoms with E-state index in [4.69, 9.17) is 10.9 Å². The van der Waals surface area contributed by atoms with E-state index in [1.54, 1.807) is 6.20 Å². The molecule has 0 fully saturated rings. The molecular formula is C13H22N4O. The zero-order chi connectivity index (χ0) is 13.7. The molecule has 1 atom stereocenters.